The molecule has 77 valence electrons. The molecule has 13 heavy (non-hydrogen) atoms. The van der Waals surface area contributed by atoms with Crippen LogP contribution in [0.15, 0.2) is 0 Å². The summed E-state index contributed by atoms with van der Waals surface area (Å²) in [6.45, 7) is 8.71. The first-order valence-corrected chi connectivity index (χ1v) is 5.38. The Morgan fingerprint density at radius 3 is 2.85 bits per heavy atom. The molecule has 0 unspecified atom stereocenters. The van der Waals surface area contributed by atoms with E-state index >= 15 is 0 Å². The Kier molecular flexibility index (Phi) is 4.74. The Balaban J connectivity index is 2.18. The van der Waals surface area contributed by atoms with Crippen molar-refractivity contribution in [1.82, 2.24) is 9.80 Å². The van der Waals surface area contributed by atoms with Crippen LogP contribution in [0.25, 0.3) is 0 Å². The fourth-order valence-electron chi connectivity index (χ4n) is 2.03. The molecule has 1 heterocycles. The maximum atomic E-state index is 3.95. The van der Waals surface area contributed by atoms with Gasteiger partial charge in [0.25, 0.3) is 0 Å². The Hall–Kier alpha value is -0.0800. The van der Waals surface area contributed by atoms with E-state index in [-0.39, 0.29) is 0 Å². The molecule has 1 saturated heterocycles. The van der Waals surface area contributed by atoms with Gasteiger partial charge in [-0.1, -0.05) is 0 Å². The Bertz CT molecular complexity index is 134. The molecule has 0 N–H and O–H groups in total. The van der Waals surface area contributed by atoms with Gasteiger partial charge < -0.3 is 9.80 Å². The van der Waals surface area contributed by atoms with Crippen LogP contribution in [0.5, 0.6) is 0 Å². The number of rotatable bonds is 4. The molecular weight excluding hydrogens is 160 g/mol. The van der Waals surface area contributed by atoms with E-state index in [1.54, 1.807) is 0 Å². The monoisotopic (exact) mass is 183 g/mol. The second-order valence-corrected chi connectivity index (χ2v) is 4.40. The van der Waals surface area contributed by atoms with Crippen molar-refractivity contribution in [3.8, 4) is 0 Å². The van der Waals surface area contributed by atoms with E-state index in [2.05, 4.69) is 30.8 Å². The lowest BCUT2D eigenvalue weighted by Gasteiger charge is -2.32. The van der Waals surface area contributed by atoms with Crippen LogP contribution in [-0.4, -0.2) is 50.1 Å². The Morgan fingerprint density at radius 1 is 1.46 bits per heavy atom. The summed E-state index contributed by atoms with van der Waals surface area (Å²) in [7, 11) is 4.31. The highest BCUT2D eigenvalue weighted by molar-refractivity contribution is 4.73. The van der Waals surface area contributed by atoms with Gasteiger partial charge in [0.15, 0.2) is 0 Å². The minimum Gasteiger partial charge on any atom is -0.309 e. The van der Waals surface area contributed by atoms with Crippen molar-refractivity contribution >= 4 is 0 Å². The molecule has 1 atom stereocenters. The summed E-state index contributed by atoms with van der Waals surface area (Å²) < 4.78 is 0. The van der Waals surface area contributed by atoms with E-state index < -0.39 is 0 Å². The first kappa shape index (κ1) is 11.0. The van der Waals surface area contributed by atoms with Gasteiger partial charge in [-0.25, -0.2) is 0 Å². The van der Waals surface area contributed by atoms with Crippen LogP contribution < -0.4 is 0 Å². The zero-order valence-corrected chi connectivity index (χ0v) is 9.13. The Labute approximate surface area is 82.9 Å². The van der Waals surface area contributed by atoms with Gasteiger partial charge in [-0.2, -0.15) is 0 Å². The summed E-state index contributed by atoms with van der Waals surface area (Å²) >= 11 is 0. The molecular formula is C11H23N2. The zero-order valence-electron chi connectivity index (χ0n) is 9.13. The van der Waals surface area contributed by atoms with Gasteiger partial charge in [0.2, 0.25) is 0 Å². The smallest absolute Gasteiger partial charge is 0.00101 e. The number of hydrogen-bond donors (Lipinski definition) is 0. The van der Waals surface area contributed by atoms with Crippen molar-refractivity contribution in [1.29, 1.82) is 0 Å². The van der Waals surface area contributed by atoms with Crippen LogP contribution in [-0.2, 0) is 0 Å². The average Bonchev–Trinajstić information content (AvgIpc) is 2.15. The molecule has 1 rings (SSSR count). The first-order valence-electron chi connectivity index (χ1n) is 5.38. The summed E-state index contributed by atoms with van der Waals surface area (Å²) in [6.07, 6.45) is 4.14. The zero-order chi connectivity index (χ0) is 9.68. The molecule has 2 nitrogen and oxygen atoms in total. The molecule has 1 aliphatic heterocycles. The quantitative estimate of drug-likeness (QED) is 0.651. The molecule has 0 saturated carbocycles. The molecule has 1 radical (unpaired) electrons. The van der Waals surface area contributed by atoms with Crippen molar-refractivity contribution < 1.29 is 0 Å². The predicted molar refractivity (Wildman–Crippen MR) is 57.7 cm³/mol. The topological polar surface area (TPSA) is 6.48 Å². The predicted octanol–water partition coefficient (Wildman–Crippen LogP) is 1.48. The lowest BCUT2D eigenvalue weighted by molar-refractivity contribution is 0.174. The normalized spacial score (nSPS) is 25.4. The minimum absolute atomic E-state index is 0.915. The average molecular weight is 183 g/mol. The highest BCUT2D eigenvalue weighted by Gasteiger charge is 2.18. The van der Waals surface area contributed by atoms with Crippen molar-refractivity contribution in [2.24, 2.45) is 5.92 Å². The van der Waals surface area contributed by atoms with E-state index in [1.165, 1.54) is 38.9 Å². The summed E-state index contributed by atoms with van der Waals surface area (Å²) in [5.74, 6) is 0.915. The van der Waals surface area contributed by atoms with Crippen LogP contribution in [0.4, 0.5) is 0 Å². The highest BCUT2D eigenvalue weighted by atomic mass is 15.1. The molecule has 0 aromatic rings. The molecule has 0 amide bonds. The molecule has 2 heteroatoms. The second-order valence-electron chi connectivity index (χ2n) is 4.40. The molecule has 0 aromatic carbocycles. The number of likely N-dealkylation sites (tertiary alicyclic amines) is 1. The fourth-order valence-corrected chi connectivity index (χ4v) is 2.03. The van der Waals surface area contributed by atoms with Gasteiger partial charge in [0.1, 0.15) is 0 Å². The van der Waals surface area contributed by atoms with Crippen LogP contribution in [0.2, 0.25) is 0 Å². The van der Waals surface area contributed by atoms with Crippen molar-refractivity contribution in [2.45, 2.75) is 19.3 Å². The van der Waals surface area contributed by atoms with Gasteiger partial charge in [-0.15, -0.1) is 0 Å². The van der Waals surface area contributed by atoms with Gasteiger partial charge in [-0.3, -0.25) is 0 Å². The van der Waals surface area contributed by atoms with E-state index in [9.17, 15) is 0 Å². The SMILES string of the molecule is [CH2]CN1CCC[C@@H](CCN(C)C)C1. The standard InChI is InChI=1S/C11H23N2/c1-4-13-8-5-6-11(10-13)7-9-12(2)3/h11H,1,4-10H2,2-3H3/t11-/m0/s1. The number of piperidine rings is 1. The van der Waals surface area contributed by atoms with Crippen LogP contribution >= 0.6 is 0 Å². The molecule has 1 aliphatic rings. The van der Waals surface area contributed by atoms with Crippen molar-refractivity contribution in [2.75, 3.05) is 40.3 Å². The van der Waals surface area contributed by atoms with E-state index in [1.807, 2.05) is 0 Å². The summed E-state index contributed by atoms with van der Waals surface area (Å²) in [5.41, 5.74) is 0. The maximum absolute atomic E-state index is 3.95. The summed E-state index contributed by atoms with van der Waals surface area (Å²) in [4.78, 5) is 4.76. The third-order valence-corrected chi connectivity index (χ3v) is 2.90. The van der Waals surface area contributed by atoms with Crippen LogP contribution in [0, 0.1) is 12.8 Å². The fraction of sp³-hybridized carbons (Fsp3) is 0.909. The molecule has 0 spiro atoms. The lowest BCUT2D eigenvalue weighted by atomic mass is 9.95. The highest BCUT2D eigenvalue weighted by Crippen LogP contribution is 2.19. The largest absolute Gasteiger partial charge is 0.309 e. The molecule has 1 fully saturated rings. The van der Waals surface area contributed by atoms with E-state index in [0.29, 0.717) is 0 Å². The molecule has 0 aliphatic carbocycles. The van der Waals surface area contributed by atoms with Crippen LogP contribution in [0.1, 0.15) is 19.3 Å². The maximum Gasteiger partial charge on any atom is 0.00101 e. The van der Waals surface area contributed by atoms with Crippen LogP contribution in [0.3, 0.4) is 0 Å². The van der Waals surface area contributed by atoms with Gasteiger partial charge >= 0.3 is 0 Å². The van der Waals surface area contributed by atoms with Crippen molar-refractivity contribution in [3.05, 3.63) is 6.92 Å². The molecule has 0 bridgehead atoms. The number of hydrogen-bond acceptors (Lipinski definition) is 2. The number of nitrogens with zero attached hydrogens (tertiary/aromatic N) is 2. The van der Waals surface area contributed by atoms with Gasteiger partial charge in [0, 0.05) is 6.54 Å². The third kappa shape index (κ3) is 4.10. The Morgan fingerprint density at radius 2 is 2.23 bits per heavy atom. The minimum atomic E-state index is 0.915. The summed E-state index contributed by atoms with van der Waals surface area (Å²) in [6, 6.07) is 0. The first-order chi connectivity index (χ1) is 6.22. The molecule has 0 aromatic heterocycles. The second kappa shape index (κ2) is 5.61. The van der Waals surface area contributed by atoms with Crippen molar-refractivity contribution in [3.63, 3.8) is 0 Å². The van der Waals surface area contributed by atoms with Gasteiger partial charge in [-0.05, 0) is 65.8 Å². The third-order valence-electron chi connectivity index (χ3n) is 2.90. The van der Waals surface area contributed by atoms with E-state index in [4.69, 9.17) is 0 Å². The lowest BCUT2D eigenvalue weighted by Crippen LogP contribution is -2.36. The van der Waals surface area contributed by atoms with Gasteiger partial charge in [0.05, 0.1) is 0 Å². The van der Waals surface area contributed by atoms with E-state index in [0.717, 1.165) is 12.5 Å². The summed E-state index contributed by atoms with van der Waals surface area (Å²) in [5, 5.41) is 0.